The number of nitriles is 1. The Bertz CT molecular complexity index is 1440. The molecular weight excluding hydrogens is 565 g/mol. The smallest absolute Gasteiger partial charge is 0.258 e. The fraction of sp³-hybridized carbons (Fsp3) is 0.0400. The van der Waals surface area contributed by atoms with E-state index in [9.17, 15) is 13.6 Å². The summed E-state index contributed by atoms with van der Waals surface area (Å²) in [6.45, 7) is 0. The molecule has 3 aromatic carbocycles. The van der Waals surface area contributed by atoms with E-state index in [1.807, 2.05) is 0 Å². The van der Waals surface area contributed by atoms with Gasteiger partial charge in [0.1, 0.15) is 29.8 Å². The molecule has 0 fully saturated rings. The molecule has 0 unspecified atom stereocenters. The molecule has 0 bridgehead atoms. The van der Waals surface area contributed by atoms with Crippen LogP contribution in [-0.2, 0) is 4.43 Å². The van der Waals surface area contributed by atoms with E-state index in [1.54, 1.807) is 48.5 Å². The molecule has 0 saturated carbocycles. The number of aromatic nitrogens is 2. The Morgan fingerprint density at radius 1 is 0.914 bits per heavy atom. The third kappa shape index (κ3) is 5.88. The molecule has 174 valence electrons. The third-order valence-electron chi connectivity index (χ3n) is 4.89. The zero-order valence-electron chi connectivity index (χ0n) is 18.0. The maximum absolute atomic E-state index is 14.3. The predicted octanol–water partition coefficient (Wildman–Crippen LogP) is 6.30. The summed E-state index contributed by atoms with van der Waals surface area (Å²) < 4.78 is 28.6. The first-order valence-electron chi connectivity index (χ1n) is 10.3. The molecule has 4 aromatic rings. The van der Waals surface area contributed by atoms with Gasteiger partial charge in [0.15, 0.2) is 5.82 Å². The number of rotatable bonds is 7. The molecule has 0 aliphatic carbocycles. The van der Waals surface area contributed by atoms with Gasteiger partial charge in [-0.05, 0) is 54.1 Å². The van der Waals surface area contributed by atoms with Gasteiger partial charge >= 0.3 is 0 Å². The predicted molar refractivity (Wildman–Crippen MR) is 138 cm³/mol. The molecular formula is C25H17F2IN6O. The topological polar surface area (TPSA) is 103 Å². The van der Waals surface area contributed by atoms with Gasteiger partial charge in [0.05, 0.1) is 11.1 Å². The van der Waals surface area contributed by atoms with Crippen molar-refractivity contribution in [1.82, 2.24) is 9.97 Å². The SMILES string of the molecule is N#Cc1cccc(C(=O)Nc2cccc(Nc3cc(Nc4ccc(F)c(CI)c4)ncn3)c2)c1F. The molecule has 0 saturated heterocycles. The van der Waals surface area contributed by atoms with Crippen LogP contribution in [0.1, 0.15) is 21.5 Å². The Morgan fingerprint density at radius 3 is 2.31 bits per heavy atom. The van der Waals surface area contributed by atoms with Crippen LogP contribution in [0.25, 0.3) is 0 Å². The van der Waals surface area contributed by atoms with E-state index >= 15 is 0 Å². The van der Waals surface area contributed by atoms with E-state index in [1.165, 1.54) is 30.6 Å². The highest BCUT2D eigenvalue weighted by Crippen LogP contribution is 2.24. The average Bonchev–Trinajstić information content (AvgIpc) is 2.85. The van der Waals surface area contributed by atoms with E-state index < -0.39 is 11.7 Å². The van der Waals surface area contributed by atoms with Crippen molar-refractivity contribution < 1.29 is 13.6 Å². The van der Waals surface area contributed by atoms with Crippen molar-refractivity contribution in [3.63, 3.8) is 0 Å². The van der Waals surface area contributed by atoms with Gasteiger partial charge in [-0.2, -0.15) is 5.26 Å². The summed E-state index contributed by atoms with van der Waals surface area (Å²) in [6, 6.07) is 19.0. The van der Waals surface area contributed by atoms with Gasteiger partial charge < -0.3 is 16.0 Å². The van der Waals surface area contributed by atoms with Crippen LogP contribution in [0.5, 0.6) is 0 Å². The minimum Gasteiger partial charge on any atom is -0.340 e. The van der Waals surface area contributed by atoms with Crippen molar-refractivity contribution in [3.8, 4) is 6.07 Å². The largest absolute Gasteiger partial charge is 0.340 e. The molecule has 1 heterocycles. The normalized spacial score (nSPS) is 10.3. The second-order valence-electron chi connectivity index (χ2n) is 7.29. The molecule has 0 aliphatic rings. The van der Waals surface area contributed by atoms with Gasteiger partial charge in [0.25, 0.3) is 5.91 Å². The van der Waals surface area contributed by atoms with Gasteiger partial charge in [-0.3, -0.25) is 4.79 Å². The molecule has 7 nitrogen and oxygen atoms in total. The first kappa shape index (κ1) is 24.0. The standard InChI is InChI=1S/C25H17F2IN6O/c26-21-8-7-19(9-16(21)12-28)33-23-11-22(30-14-31-23)32-17-4-2-5-18(10-17)34-25(35)20-6-1-3-15(13-29)24(20)27/h1-11,14H,12H2,(H,34,35)(H2,30,31,32,33). The van der Waals surface area contributed by atoms with Crippen molar-refractivity contribution in [1.29, 1.82) is 5.26 Å². The first-order chi connectivity index (χ1) is 17.0. The molecule has 3 N–H and O–H groups in total. The molecule has 0 radical (unpaired) electrons. The van der Waals surface area contributed by atoms with Crippen LogP contribution in [0.4, 0.5) is 37.5 Å². The highest BCUT2D eigenvalue weighted by Gasteiger charge is 2.15. The zero-order valence-corrected chi connectivity index (χ0v) is 20.2. The molecule has 10 heteroatoms. The molecule has 35 heavy (non-hydrogen) atoms. The third-order valence-corrected chi connectivity index (χ3v) is 5.71. The molecule has 0 aliphatic heterocycles. The molecule has 0 atom stereocenters. The number of nitrogens with one attached hydrogen (secondary N) is 3. The molecule has 1 amide bonds. The van der Waals surface area contributed by atoms with E-state index in [-0.39, 0.29) is 16.9 Å². The van der Waals surface area contributed by atoms with Crippen molar-refractivity contribution >= 4 is 57.2 Å². The summed E-state index contributed by atoms with van der Waals surface area (Å²) >= 11 is 2.10. The number of anilines is 5. The quantitative estimate of drug-likeness (QED) is 0.175. The zero-order chi connectivity index (χ0) is 24.8. The number of alkyl halides is 1. The summed E-state index contributed by atoms with van der Waals surface area (Å²) in [5.74, 6) is -0.812. The fourth-order valence-electron chi connectivity index (χ4n) is 3.21. The minimum absolute atomic E-state index is 0.201. The minimum atomic E-state index is -0.866. The maximum Gasteiger partial charge on any atom is 0.258 e. The van der Waals surface area contributed by atoms with Gasteiger partial charge in [-0.25, -0.2) is 18.7 Å². The number of carbonyl (C=O) groups excluding carboxylic acids is 1. The molecule has 0 spiro atoms. The van der Waals surface area contributed by atoms with E-state index in [0.29, 0.717) is 38.7 Å². The number of amides is 1. The summed E-state index contributed by atoms with van der Waals surface area (Å²) in [7, 11) is 0. The number of hydrogen-bond acceptors (Lipinski definition) is 6. The number of nitrogens with zero attached hydrogens (tertiary/aromatic N) is 3. The van der Waals surface area contributed by atoms with Crippen LogP contribution >= 0.6 is 22.6 Å². The molecule has 1 aromatic heterocycles. The summed E-state index contributed by atoms with van der Waals surface area (Å²) in [5, 5.41) is 17.8. The Kier molecular flexibility index (Phi) is 7.47. The Morgan fingerprint density at radius 2 is 1.60 bits per heavy atom. The summed E-state index contributed by atoms with van der Waals surface area (Å²) in [6.07, 6.45) is 1.38. The lowest BCUT2D eigenvalue weighted by Crippen LogP contribution is -2.14. The van der Waals surface area contributed by atoms with Gasteiger partial charge in [-0.15, -0.1) is 0 Å². The lowest BCUT2D eigenvalue weighted by molar-refractivity contribution is 0.102. The highest BCUT2D eigenvalue weighted by molar-refractivity contribution is 14.1. The number of hydrogen-bond donors (Lipinski definition) is 3. The second-order valence-corrected chi connectivity index (χ2v) is 8.05. The fourth-order valence-corrected chi connectivity index (χ4v) is 3.80. The first-order valence-corrected chi connectivity index (χ1v) is 11.8. The number of carbonyl (C=O) groups is 1. The van der Waals surface area contributed by atoms with Crippen LogP contribution in [0.2, 0.25) is 0 Å². The van der Waals surface area contributed by atoms with Crippen molar-refractivity contribution in [2.45, 2.75) is 4.43 Å². The van der Waals surface area contributed by atoms with E-state index in [0.717, 1.165) is 0 Å². The van der Waals surface area contributed by atoms with Crippen molar-refractivity contribution in [3.05, 3.63) is 101 Å². The van der Waals surface area contributed by atoms with E-state index in [4.69, 9.17) is 5.26 Å². The maximum atomic E-state index is 14.3. The van der Waals surface area contributed by atoms with Gasteiger partial charge in [0.2, 0.25) is 0 Å². The Labute approximate surface area is 213 Å². The number of halogens is 3. The lowest BCUT2D eigenvalue weighted by atomic mass is 10.1. The summed E-state index contributed by atoms with van der Waals surface area (Å²) in [4.78, 5) is 20.9. The lowest BCUT2D eigenvalue weighted by Gasteiger charge is -2.11. The average molecular weight is 582 g/mol. The number of benzene rings is 3. The van der Waals surface area contributed by atoms with Crippen LogP contribution < -0.4 is 16.0 Å². The van der Waals surface area contributed by atoms with Crippen LogP contribution in [0.3, 0.4) is 0 Å². The monoisotopic (exact) mass is 582 g/mol. The van der Waals surface area contributed by atoms with Crippen LogP contribution in [0, 0.1) is 23.0 Å². The van der Waals surface area contributed by atoms with Crippen LogP contribution in [-0.4, -0.2) is 15.9 Å². The van der Waals surface area contributed by atoms with Crippen LogP contribution in [0.15, 0.2) is 73.1 Å². The van der Waals surface area contributed by atoms with Crippen molar-refractivity contribution in [2.24, 2.45) is 0 Å². The molecule has 4 rings (SSSR count). The van der Waals surface area contributed by atoms with E-state index in [2.05, 4.69) is 48.5 Å². The Balaban J connectivity index is 1.47. The van der Waals surface area contributed by atoms with Gasteiger partial charge in [-0.1, -0.05) is 34.7 Å². The highest BCUT2D eigenvalue weighted by atomic mass is 127. The summed E-state index contributed by atoms with van der Waals surface area (Å²) in [5.41, 5.74) is 1.90. The van der Waals surface area contributed by atoms with Crippen molar-refractivity contribution in [2.75, 3.05) is 16.0 Å². The Hall–Kier alpha value is -4.11. The second kappa shape index (κ2) is 10.9. The van der Waals surface area contributed by atoms with Gasteiger partial charge in [0, 0.05) is 27.6 Å².